The molecule has 0 saturated carbocycles. The molecule has 0 spiro atoms. The minimum Gasteiger partial charge on any atom is -0.466 e. The van der Waals surface area contributed by atoms with E-state index in [2.05, 4.69) is 6.58 Å². The first-order valence-corrected chi connectivity index (χ1v) is 7.38. The first-order chi connectivity index (χ1) is 10.9. The van der Waals surface area contributed by atoms with Crippen LogP contribution in [0, 0.1) is 34.0 Å². The smallest absolute Gasteiger partial charge is 0.328 e. The highest BCUT2D eigenvalue weighted by atomic mass is 16.5. The van der Waals surface area contributed by atoms with E-state index in [-0.39, 0.29) is 26.1 Å². The first kappa shape index (κ1) is 20.4. The zero-order valence-electron chi connectivity index (χ0n) is 13.8. The van der Waals surface area contributed by atoms with Crippen LogP contribution < -0.4 is 0 Å². The van der Waals surface area contributed by atoms with E-state index in [0.717, 1.165) is 0 Å². The van der Waals surface area contributed by atoms with Crippen LogP contribution in [-0.4, -0.2) is 25.2 Å². The highest BCUT2D eigenvalue weighted by molar-refractivity contribution is 5.83. The van der Waals surface area contributed by atoms with Gasteiger partial charge >= 0.3 is 11.9 Å². The van der Waals surface area contributed by atoms with Crippen molar-refractivity contribution < 1.29 is 19.1 Å². The van der Waals surface area contributed by atoms with Gasteiger partial charge in [-0.15, -0.1) is 0 Å². The van der Waals surface area contributed by atoms with E-state index < -0.39 is 23.3 Å². The molecular weight excluding hydrogens is 296 g/mol. The molecule has 0 saturated heterocycles. The lowest BCUT2D eigenvalue weighted by Crippen LogP contribution is -2.39. The molecule has 2 atom stereocenters. The van der Waals surface area contributed by atoms with E-state index in [4.69, 9.17) is 9.47 Å². The Kier molecular flexibility index (Phi) is 9.03. The summed E-state index contributed by atoms with van der Waals surface area (Å²) in [4.78, 5) is 24.0. The van der Waals surface area contributed by atoms with E-state index in [1.54, 1.807) is 32.9 Å². The van der Waals surface area contributed by atoms with Gasteiger partial charge < -0.3 is 9.47 Å². The molecule has 0 aliphatic heterocycles. The predicted octanol–water partition coefficient (Wildman–Crippen LogP) is 2.67. The summed E-state index contributed by atoms with van der Waals surface area (Å²) in [5.41, 5.74) is -1.48. The molecule has 0 heterocycles. The van der Waals surface area contributed by atoms with Gasteiger partial charge in [0.1, 0.15) is 5.92 Å². The van der Waals surface area contributed by atoms with Crippen LogP contribution in [-0.2, 0) is 19.1 Å². The summed E-state index contributed by atoms with van der Waals surface area (Å²) in [5.74, 6) is -2.48. The second-order valence-electron chi connectivity index (χ2n) is 4.75. The number of hydrogen-bond acceptors (Lipinski definition) is 6. The maximum Gasteiger partial charge on any atom is 0.328 e. The summed E-state index contributed by atoms with van der Waals surface area (Å²) in [5, 5.41) is 19.1. The molecular formula is C17H22N2O4. The van der Waals surface area contributed by atoms with Crippen LogP contribution in [0.15, 0.2) is 24.3 Å². The van der Waals surface area contributed by atoms with Crippen LogP contribution in [0.25, 0.3) is 0 Å². The first-order valence-electron chi connectivity index (χ1n) is 7.38. The van der Waals surface area contributed by atoms with Crippen LogP contribution in [0.3, 0.4) is 0 Å². The minimum atomic E-state index is -1.80. The number of ether oxygens (including phenoxy) is 2. The summed E-state index contributed by atoms with van der Waals surface area (Å²) < 4.78 is 9.79. The molecule has 0 amide bonds. The van der Waals surface area contributed by atoms with Crippen molar-refractivity contribution in [1.82, 2.24) is 0 Å². The summed E-state index contributed by atoms with van der Waals surface area (Å²) in [6.07, 6.45) is 2.88. The standard InChI is InChI=1S/C17H22N2O4/c1-5-8-13(4)14(11-18)17(12-19,16(21)23-7-3)10-9-15(20)22-6-2/h5,8,14H,4,6-7,9-10H2,1-3H3/b8-5-. The number of carbonyl (C=O) groups is 2. The SMILES string of the molecule is C=C(/C=C\C)C(C#N)C(C#N)(CCC(=O)OCC)C(=O)OCC. The summed E-state index contributed by atoms with van der Waals surface area (Å²) in [6.45, 7) is 9.01. The van der Waals surface area contributed by atoms with Crippen LogP contribution >= 0.6 is 0 Å². The Bertz CT molecular complexity index is 554. The third-order valence-electron chi connectivity index (χ3n) is 3.24. The Morgan fingerprint density at radius 3 is 2.30 bits per heavy atom. The lowest BCUT2D eigenvalue weighted by Gasteiger charge is -2.28. The Balaban J connectivity index is 5.71. The van der Waals surface area contributed by atoms with Crippen molar-refractivity contribution in [3.8, 4) is 12.1 Å². The van der Waals surface area contributed by atoms with Crippen molar-refractivity contribution in [3.63, 3.8) is 0 Å². The van der Waals surface area contributed by atoms with Crippen molar-refractivity contribution >= 4 is 11.9 Å². The highest BCUT2D eigenvalue weighted by Gasteiger charge is 2.49. The molecule has 0 aromatic carbocycles. The number of nitrogens with zero attached hydrogens (tertiary/aromatic N) is 2. The Morgan fingerprint density at radius 1 is 1.26 bits per heavy atom. The molecule has 0 aromatic heterocycles. The summed E-state index contributed by atoms with van der Waals surface area (Å²) >= 11 is 0. The topological polar surface area (TPSA) is 100 Å². The molecule has 2 unspecified atom stereocenters. The summed E-state index contributed by atoms with van der Waals surface area (Å²) in [6, 6.07) is 3.84. The molecule has 0 aliphatic carbocycles. The van der Waals surface area contributed by atoms with Crippen molar-refractivity contribution in [2.45, 2.75) is 33.6 Å². The highest BCUT2D eigenvalue weighted by Crippen LogP contribution is 2.38. The molecule has 0 N–H and O–H groups in total. The van der Waals surface area contributed by atoms with Crippen LogP contribution in [0.2, 0.25) is 0 Å². The molecule has 0 rings (SSSR count). The van der Waals surface area contributed by atoms with Crippen LogP contribution in [0.5, 0.6) is 0 Å². The Morgan fingerprint density at radius 2 is 1.87 bits per heavy atom. The molecule has 0 fully saturated rings. The third kappa shape index (κ3) is 5.27. The number of rotatable bonds is 9. The lowest BCUT2D eigenvalue weighted by molar-refractivity contribution is -0.154. The fraction of sp³-hybridized carbons (Fsp3) is 0.529. The van der Waals surface area contributed by atoms with Gasteiger partial charge in [-0.3, -0.25) is 9.59 Å². The van der Waals surface area contributed by atoms with E-state index in [1.807, 2.05) is 12.1 Å². The number of esters is 2. The third-order valence-corrected chi connectivity index (χ3v) is 3.24. The number of nitriles is 2. The average molecular weight is 318 g/mol. The fourth-order valence-corrected chi connectivity index (χ4v) is 2.14. The Labute approximate surface area is 137 Å². The molecule has 0 radical (unpaired) electrons. The average Bonchev–Trinajstić information content (AvgIpc) is 2.52. The van der Waals surface area contributed by atoms with Gasteiger partial charge in [-0.1, -0.05) is 18.7 Å². The van der Waals surface area contributed by atoms with Crippen molar-refractivity contribution in [1.29, 1.82) is 10.5 Å². The molecule has 6 nitrogen and oxygen atoms in total. The van der Waals surface area contributed by atoms with Gasteiger partial charge in [0, 0.05) is 6.42 Å². The van der Waals surface area contributed by atoms with E-state index in [0.29, 0.717) is 5.57 Å². The molecule has 0 aliphatic rings. The van der Waals surface area contributed by atoms with Crippen molar-refractivity contribution in [2.24, 2.45) is 11.3 Å². The maximum absolute atomic E-state index is 12.4. The van der Waals surface area contributed by atoms with E-state index in [9.17, 15) is 20.1 Å². The van der Waals surface area contributed by atoms with Gasteiger partial charge in [0.15, 0.2) is 5.41 Å². The number of allylic oxidation sites excluding steroid dienone is 3. The second-order valence-corrected chi connectivity index (χ2v) is 4.75. The molecule has 6 heteroatoms. The monoisotopic (exact) mass is 318 g/mol. The van der Waals surface area contributed by atoms with Crippen molar-refractivity contribution in [2.75, 3.05) is 13.2 Å². The van der Waals surface area contributed by atoms with E-state index in [1.165, 1.54) is 0 Å². The maximum atomic E-state index is 12.4. The number of carbonyl (C=O) groups excluding carboxylic acids is 2. The largest absolute Gasteiger partial charge is 0.466 e. The molecule has 23 heavy (non-hydrogen) atoms. The quantitative estimate of drug-likeness (QED) is 0.478. The van der Waals surface area contributed by atoms with Gasteiger partial charge in [0.05, 0.1) is 25.4 Å². The lowest BCUT2D eigenvalue weighted by atomic mass is 9.70. The normalized spacial score (nSPS) is 14.1. The van der Waals surface area contributed by atoms with Gasteiger partial charge in [-0.25, -0.2) is 0 Å². The predicted molar refractivity (Wildman–Crippen MR) is 83.6 cm³/mol. The Hall–Kier alpha value is -2.60. The van der Waals surface area contributed by atoms with Gasteiger partial charge in [0.2, 0.25) is 0 Å². The van der Waals surface area contributed by atoms with Gasteiger partial charge in [0.25, 0.3) is 0 Å². The molecule has 0 aromatic rings. The van der Waals surface area contributed by atoms with E-state index >= 15 is 0 Å². The minimum absolute atomic E-state index is 0.0654. The molecule has 0 bridgehead atoms. The van der Waals surface area contributed by atoms with Crippen LogP contribution in [0.4, 0.5) is 0 Å². The zero-order valence-corrected chi connectivity index (χ0v) is 13.8. The fourth-order valence-electron chi connectivity index (χ4n) is 2.14. The second kappa shape index (κ2) is 10.2. The zero-order chi connectivity index (χ0) is 17.9. The van der Waals surface area contributed by atoms with Gasteiger partial charge in [-0.05, 0) is 32.8 Å². The van der Waals surface area contributed by atoms with Crippen LogP contribution in [0.1, 0.15) is 33.6 Å². The van der Waals surface area contributed by atoms with Crippen molar-refractivity contribution in [3.05, 3.63) is 24.3 Å². The van der Waals surface area contributed by atoms with Gasteiger partial charge in [-0.2, -0.15) is 10.5 Å². The summed E-state index contributed by atoms with van der Waals surface area (Å²) in [7, 11) is 0. The number of hydrogen-bond donors (Lipinski definition) is 0. The molecule has 124 valence electrons.